The fourth-order valence-corrected chi connectivity index (χ4v) is 3.72. The van der Waals surface area contributed by atoms with E-state index in [1.807, 2.05) is 63.2 Å². The molecule has 0 saturated heterocycles. The van der Waals surface area contributed by atoms with Crippen LogP contribution in [0.25, 0.3) is 10.8 Å². The molecule has 0 bridgehead atoms. The standard InChI is InChI=1S/C24H27NO5/c1-16-11-22(18(3)25(16)17(2)13-28-4)23(26)14-30-24(27)15-29-21-10-9-19-7-5-6-8-20(19)12-21/h5-12,17H,13-15H2,1-4H3/t17-/m0/s1. The Balaban J connectivity index is 1.55. The first-order valence-corrected chi connectivity index (χ1v) is 9.88. The number of hydrogen-bond acceptors (Lipinski definition) is 5. The number of ether oxygens (including phenoxy) is 3. The number of rotatable bonds is 9. The second-order valence-corrected chi connectivity index (χ2v) is 7.34. The van der Waals surface area contributed by atoms with Crippen molar-refractivity contribution in [1.29, 1.82) is 0 Å². The van der Waals surface area contributed by atoms with Gasteiger partial charge in [-0.25, -0.2) is 4.79 Å². The van der Waals surface area contributed by atoms with Crippen molar-refractivity contribution in [2.45, 2.75) is 26.8 Å². The van der Waals surface area contributed by atoms with Gasteiger partial charge in [-0.3, -0.25) is 4.79 Å². The molecular formula is C24H27NO5. The highest BCUT2D eigenvalue weighted by molar-refractivity contribution is 5.99. The maximum atomic E-state index is 12.6. The Morgan fingerprint density at radius 1 is 1.00 bits per heavy atom. The van der Waals surface area contributed by atoms with Crippen LogP contribution in [-0.2, 0) is 14.3 Å². The van der Waals surface area contributed by atoms with Crippen LogP contribution < -0.4 is 4.74 Å². The zero-order valence-electron chi connectivity index (χ0n) is 17.8. The molecule has 1 aromatic heterocycles. The quantitative estimate of drug-likeness (QED) is 0.390. The molecule has 0 N–H and O–H groups in total. The van der Waals surface area contributed by atoms with Gasteiger partial charge in [0.1, 0.15) is 5.75 Å². The number of Topliss-reactive ketones (excluding diaryl/α,β-unsaturated/α-hetero) is 1. The highest BCUT2D eigenvalue weighted by Gasteiger charge is 2.20. The average Bonchev–Trinajstić information content (AvgIpc) is 3.04. The predicted molar refractivity (Wildman–Crippen MR) is 115 cm³/mol. The largest absolute Gasteiger partial charge is 0.482 e. The molecule has 0 amide bonds. The van der Waals surface area contributed by atoms with E-state index in [9.17, 15) is 9.59 Å². The number of ketones is 1. The van der Waals surface area contributed by atoms with E-state index in [-0.39, 0.29) is 25.0 Å². The second-order valence-electron chi connectivity index (χ2n) is 7.34. The fourth-order valence-electron chi connectivity index (χ4n) is 3.72. The lowest BCUT2D eigenvalue weighted by atomic mass is 10.1. The molecule has 0 aliphatic carbocycles. The Hall–Kier alpha value is -3.12. The molecule has 2 aromatic carbocycles. The monoisotopic (exact) mass is 409 g/mol. The van der Waals surface area contributed by atoms with Gasteiger partial charge in [0.05, 0.1) is 12.6 Å². The van der Waals surface area contributed by atoms with E-state index >= 15 is 0 Å². The van der Waals surface area contributed by atoms with Crippen LogP contribution in [0.15, 0.2) is 48.5 Å². The summed E-state index contributed by atoms with van der Waals surface area (Å²) in [7, 11) is 1.65. The Morgan fingerprint density at radius 3 is 2.47 bits per heavy atom. The lowest BCUT2D eigenvalue weighted by molar-refractivity contribution is -0.144. The molecule has 0 aliphatic rings. The molecule has 3 aromatic rings. The maximum Gasteiger partial charge on any atom is 0.344 e. The fraction of sp³-hybridized carbons (Fsp3) is 0.333. The van der Waals surface area contributed by atoms with Crippen molar-refractivity contribution in [1.82, 2.24) is 4.57 Å². The van der Waals surface area contributed by atoms with Gasteiger partial charge in [0.25, 0.3) is 0 Å². The first-order valence-electron chi connectivity index (χ1n) is 9.88. The number of methoxy groups -OCH3 is 1. The van der Waals surface area contributed by atoms with Crippen molar-refractivity contribution in [2.24, 2.45) is 0 Å². The number of carbonyl (C=O) groups excluding carboxylic acids is 2. The molecule has 0 aliphatic heterocycles. The normalized spacial score (nSPS) is 12.0. The van der Waals surface area contributed by atoms with Crippen LogP contribution in [0.2, 0.25) is 0 Å². The minimum atomic E-state index is -0.585. The number of esters is 1. The van der Waals surface area contributed by atoms with Gasteiger partial charge in [0.2, 0.25) is 5.78 Å². The highest BCUT2D eigenvalue weighted by atomic mass is 16.6. The third kappa shape index (κ3) is 4.89. The Labute approximate surface area is 176 Å². The molecule has 0 spiro atoms. The van der Waals surface area contributed by atoms with E-state index in [4.69, 9.17) is 14.2 Å². The van der Waals surface area contributed by atoms with Crippen LogP contribution in [0.3, 0.4) is 0 Å². The van der Waals surface area contributed by atoms with Gasteiger partial charge in [-0.1, -0.05) is 30.3 Å². The van der Waals surface area contributed by atoms with E-state index in [2.05, 4.69) is 4.57 Å². The van der Waals surface area contributed by atoms with Crippen molar-refractivity contribution in [3.05, 3.63) is 65.5 Å². The van der Waals surface area contributed by atoms with E-state index < -0.39 is 5.97 Å². The van der Waals surface area contributed by atoms with Crippen molar-refractivity contribution in [2.75, 3.05) is 26.9 Å². The van der Waals surface area contributed by atoms with Gasteiger partial charge in [-0.15, -0.1) is 0 Å². The van der Waals surface area contributed by atoms with Crippen LogP contribution in [0.4, 0.5) is 0 Å². The number of benzene rings is 2. The number of nitrogens with zero attached hydrogens (tertiary/aromatic N) is 1. The zero-order valence-corrected chi connectivity index (χ0v) is 17.8. The third-order valence-electron chi connectivity index (χ3n) is 5.08. The zero-order chi connectivity index (χ0) is 21.7. The Bertz CT molecular complexity index is 1050. The summed E-state index contributed by atoms with van der Waals surface area (Å²) in [6.45, 7) is 5.84. The molecule has 30 heavy (non-hydrogen) atoms. The summed E-state index contributed by atoms with van der Waals surface area (Å²) in [5.74, 6) is -0.247. The minimum absolute atomic E-state index is 0.106. The van der Waals surface area contributed by atoms with Crippen molar-refractivity contribution in [3.63, 3.8) is 0 Å². The van der Waals surface area contributed by atoms with Crippen molar-refractivity contribution >= 4 is 22.5 Å². The number of hydrogen-bond donors (Lipinski definition) is 0. The minimum Gasteiger partial charge on any atom is -0.482 e. The average molecular weight is 409 g/mol. The second kappa shape index (κ2) is 9.59. The SMILES string of the molecule is COC[C@H](C)n1c(C)cc(C(=O)COC(=O)COc2ccc3ccccc3c2)c1C. The van der Waals surface area contributed by atoms with Gasteiger partial charge in [-0.05, 0) is 49.7 Å². The summed E-state index contributed by atoms with van der Waals surface area (Å²) in [5, 5.41) is 2.12. The molecule has 0 saturated carbocycles. The summed E-state index contributed by atoms with van der Waals surface area (Å²) in [6, 6.07) is 15.4. The van der Waals surface area contributed by atoms with Crippen LogP contribution in [-0.4, -0.2) is 43.3 Å². The Morgan fingerprint density at radius 2 is 1.73 bits per heavy atom. The smallest absolute Gasteiger partial charge is 0.344 e. The van der Waals surface area contributed by atoms with Crippen LogP contribution >= 0.6 is 0 Å². The molecule has 158 valence electrons. The van der Waals surface area contributed by atoms with E-state index in [0.29, 0.717) is 17.9 Å². The lowest BCUT2D eigenvalue weighted by Crippen LogP contribution is -2.20. The number of aryl methyl sites for hydroxylation is 1. The number of aromatic nitrogens is 1. The molecular weight excluding hydrogens is 382 g/mol. The molecule has 1 heterocycles. The molecule has 3 rings (SSSR count). The molecule has 0 fully saturated rings. The van der Waals surface area contributed by atoms with Gasteiger partial charge >= 0.3 is 5.97 Å². The summed E-state index contributed by atoms with van der Waals surface area (Å²) >= 11 is 0. The maximum absolute atomic E-state index is 12.6. The van der Waals surface area contributed by atoms with Crippen LogP contribution in [0.5, 0.6) is 5.75 Å². The van der Waals surface area contributed by atoms with Crippen molar-refractivity contribution in [3.8, 4) is 5.75 Å². The first-order chi connectivity index (χ1) is 14.4. The third-order valence-corrected chi connectivity index (χ3v) is 5.08. The summed E-state index contributed by atoms with van der Waals surface area (Å²) < 4.78 is 17.9. The molecule has 0 radical (unpaired) electrons. The Kier molecular flexibility index (Phi) is 6.90. The predicted octanol–water partition coefficient (Wildman–Crippen LogP) is 4.27. The summed E-state index contributed by atoms with van der Waals surface area (Å²) in [5.41, 5.74) is 2.36. The highest BCUT2D eigenvalue weighted by Crippen LogP contribution is 2.22. The first kappa shape index (κ1) is 21.6. The van der Waals surface area contributed by atoms with Gasteiger partial charge in [0, 0.05) is 24.1 Å². The van der Waals surface area contributed by atoms with E-state index in [1.54, 1.807) is 13.2 Å². The summed E-state index contributed by atoms with van der Waals surface area (Å²) in [6.07, 6.45) is 0. The van der Waals surface area contributed by atoms with Gasteiger partial charge < -0.3 is 18.8 Å². The van der Waals surface area contributed by atoms with Crippen molar-refractivity contribution < 1.29 is 23.8 Å². The van der Waals surface area contributed by atoms with Gasteiger partial charge in [0.15, 0.2) is 13.2 Å². The molecule has 1 atom stereocenters. The van der Waals surface area contributed by atoms with E-state index in [0.717, 1.165) is 22.2 Å². The topological polar surface area (TPSA) is 66.8 Å². The van der Waals surface area contributed by atoms with Crippen LogP contribution in [0, 0.1) is 13.8 Å². The molecule has 6 nitrogen and oxygen atoms in total. The van der Waals surface area contributed by atoms with Crippen LogP contribution in [0.1, 0.15) is 34.7 Å². The lowest BCUT2D eigenvalue weighted by Gasteiger charge is -2.17. The number of fused-ring (bicyclic) bond motifs is 1. The number of carbonyl (C=O) groups is 2. The molecule has 0 unspecified atom stereocenters. The van der Waals surface area contributed by atoms with E-state index in [1.165, 1.54) is 0 Å². The summed E-state index contributed by atoms with van der Waals surface area (Å²) in [4.78, 5) is 24.6. The van der Waals surface area contributed by atoms with Gasteiger partial charge in [-0.2, -0.15) is 0 Å². The molecule has 6 heteroatoms.